The van der Waals surface area contributed by atoms with E-state index < -0.39 is 6.10 Å². The molecule has 1 unspecified atom stereocenters. The Morgan fingerprint density at radius 2 is 2.00 bits per heavy atom. The molecule has 0 radical (unpaired) electrons. The Balaban J connectivity index is 1.75. The van der Waals surface area contributed by atoms with Gasteiger partial charge in [-0.25, -0.2) is 9.67 Å². The highest BCUT2D eigenvalue weighted by Crippen LogP contribution is 2.25. The zero-order chi connectivity index (χ0) is 15.4. The van der Waals surface area contributed by atoms with Crippen molar-refractivity contribution in [2.45, 2.75) is 44.8 Å². The molecule has 1 fully saturated rings. The van der Waals surface area contributed by atoms with Crippen LogP contribution in [0.3, 0.4) is 0 Å². The Hall–Kier alpha value is -1.72. The minimum Gasteiger partial charge on any atom is -0.385 e. The largest absolute Gasteiger partial charge is 0.385 e. The van der Waals surface area contributed by atoms with Gasteiger partial charge in [0.1, 0.15) is 6.10 Å². The summed E-state index contributed by atoms with van der Waals surface area (Å²) in [6.07, 6.45) is 2.21. The van der Waals surface area contributed by atoms with Crippen LogP contribution in [0.25, 0.3) is 0 Å². The van der Waals surface area contributed by atoms with Gasteiger partial charge in [0.2, 0.25) is 0 Å². The minimum absolute atomic E-state index is 0.351. The minimum atomic E-state index is -0.600. The highest BCUT2D eigenvalue weighted by Gasteiger charge is 2.23. The van der Waals surface area contributed by atoms with Crippen LogP contribution in [-0.4, -0.2) is 33.1 Å². The Labute approximate surface area is 131 Å². The molecule has 1 saturated heterocycles. The highest BCUT2D eigenvalue weighted by molar-refractivity contribution is 5.14. The van der Waals surface area contributed by atoms with Crippen molar-refractivity contribution in [1.29, 1.82) is 0 Å². The molecule has 1 atom stereocenters. The van der Waals surface area contributed by atoms with Crippen molar-refractivity contribution in [1.82, 2.24) is 14.8 Å². The average molecular weight is 301 g/mol. The van der Waals surface area contributed by atoms with Gasteiger partial charge < -0.3 is 9.84 Å². The van der Waals surface area contributed by atoms with E-state index in [4.69, 9.17) is 4.74 Å². The van der Waals surface area contributed by atoms with Gasteiger partial charge in [-0.15, -0.1) is 0 Å². The molecular weight excluding hydrogens is 278 g/mol. The zero-order valence-corrected chi connectivity index (χ0v) is 13.0. The Morgan fingerprint density at radius 1 is 1.27 bits per heavy atom. The molecule has 0 aliphatic carbocycles. The molecule has 5 heteroatoms. The molecule has 2 heterocycles. The molecule has 1 aliphatic rings. The lowest BCUT2D eigenvalue weighted by atomic mass is 10.00. The van der Waals surface area contributed by atoms with Crippen molar-refractivity contribution in [3.8, 4) is 0 Å². The lowest BCUT2D eigenvalue weighted by Gasteiger charge is -2.18. The van der Waals surface area contributed by atoms with Gasteiger partial charge in [0, 0.05) is 25.7 Å². The summed E-state index contributed by atoms with van der Waals surface area (Å²) in [5, 5.41) is 14.6. The monoisotopic (exact) mass is 301 g/mol. The van der Waals surface area contributed by atoms with Gasteiger partial charge in [0.15, 0.2) is 11.6 Å². The van der Waals surface area contributed by atoms with Gasteiger partial charge in [0.25, 0.3) is 0 Å². The van der Waals surface area contributed by atoms with Gasteiger partial charge in [-0.05, 0) is 31.7 Å². The Kier molecular flexibility index (Phi) is 4.85. The summed E-state index contributed by atoms with van der Waals surface area (Å²) in [5.74, 6) is 1.87. The van der Waals surface area contributed by atoms with E-state index in [2.05, 4.69) is 22.2 Å². The first-order valence-corrected chi connectivity index (χ1v) is 7.98. The molecule has 1 aromatic heterocycles. The van der Waals surface area contributed by atoms with Gasteiger partial charge in [-0.1, -0.05) is 30.3 Å². The summed E-state index contributed by atoms with van der Waals surface area (Å²) in [4.78, 5) is 4.59. The van der Waals surface area contributed by atoms with Gasteiger partial charge in [0.05, 0.1) is 0 Å². The number of rotatable bonds is 5. The maximum Gasteiger partial charge on any atom is 0.155 e. The molecule has 22 heavy (non-hydrogen) atoms. The van der Waals surface area contributed by atoms with E-state index in [9.17, 15) is 5.11 Å². The molecule has 0 amide bonds. The normalized spacial score (nSPS) is 17.5. The van der Waals surface area contributed by atoms with E-state index in [0.29, 0.717) is 11.7 Å². The van der Waals surface area contributed by atoms with Crippen LogP contribution in [0.2, 0.25) is 0 Å². The average Bonchev–Trinajstić information content (AvgIpc) is 2.99. The number of aryl methyl sites for hydroxylation is 2. The summed E-state index contributed by atoms with van der Waals surface area (Å²) < 4.78 is 7.26. The molecule has 3 rings (SSSR count). The molecule has 1 aliphatic heterocycles. The van der Waals surface area contributed by atoms with E-state index in [1.54, 1.807) is 6.92 Å². The first-order chi connectivity index (χ1) is 10.7. The van der Waals surface area contributed by atoms with Crippen molar-refractivity contribution in [3.63, 3.8) is 0 Å². The molecule has 0 saturated carbocycles. The molecule has 1 N–H and O–H groups in total. The SMILES string of the molecule is CC(O)c1nc(C2CCOCC2)nn1CCc1ccccc1. The van der Waals surface area contributed by atoms with E-state index in [1.165, 1.54) is 5.56 Å². The Morgan fingerprint density at radius 3 is 2.68 bits per heavy atom. The highest BCUT2D eigenvalue weighted by atomic mass is 16.5. The second-order valence-corrected chi connectivity index (χ2v) is 5.85. The van der Waals surface area contributed by atoms with Crippen molar-refractivity contribution in [2.24, 2.45) is 0 Å². The maximum absolute atomic E-state index is 9.97. The summed E-state index contributed by atoms with van der Waals surface area (Å²) in [6, 6.07) is 10.3. The molecule has 2 aromatic rings. The van der Waals surface area contributed by atoms with Crippen molar-refractivity contribution in [2.75, 3.05) is 13.2 Å². The first kappa shape index (κ1) is 15.2. The van der Waals surface area contributed by atoms with Crippen LogP contribution in [0.15, 0.2) is 30.3 Å². The molecular formula is C17H23N3O2. The predicted octanol–water partition coefficient (Wildman–Crippen LogP) is 2.47. The second kappa shape index (κ2) is 7.03. The van der Waals surface area contributed by atoms with Crippen LogP contribution < -0.4 is 0 Å². The summed E-state index contributed by atoms with van der Waals surface area (Å²) in [5.41, 5.74) is 1.27. The molecule has 5 nitrogen and oxygen atoms in total. The lowest BCUT2D eigenvalue weighted by molar-refractivity contribution is 0.0835. The standard InChI is InChI=1S/C17H23N3O2/c1-13(21)17-18-16(15-8-11-22-12-9-15)19-20(17)10-7-14-5-3-2-4-6-14/h2-6,13,15,21H,7-12H2,1H3. The summed E-state index contributed by atoms with van der Waals surface area (Å²) in [7, 11) is 0. The maximum atomic E-state index is 9.97. The predicted molar refractivity (Wildman–Crippen MR) is 83.6 cm³/mol. The van der Waals surface area contributed by atoms with Gasteiger partial charge in [-0.3, -0.25) is 0 Å². The van der Waals surface area contributed by atoms with E-state index in [0.717, 1.165) is 44.8 Å². The number of hydrogen-bond acceptors (Lipinski definition) is 4. The molecule has 118 valence electrons. The summed E-state index contributed by atoms with van der Waals surface area (Å²) in [6.45, 7) is 4.03. The van der Waals surface area contributed by atoms with Crippen LogP contribution in [0.1, 0.15) is 49.0 Å². The molecule has 0 bridgehead atoms. The quantitative estimate of drug-likeness (QED) is 0.921. The fourth-order valence-electron chi connectivity index (χ4n) is 2.85. The number of aliphatic hydroxyl groups is 1. The Bertz CT molecular complexity index is 589. The second-order valence-electron chi connectivity index (χ2n) is 5.85. The third-order valence-corrected chi connectivity index (χ3v) is 4.13. The number of nitrogens with zero attached hydrogens (tertiary/aromatic N) is 3. The molecule has 0 spiro atoms. The number of hydrogen-bond donors (Lipinski definition) is 1. The van der Waals surface area contributed by atoms with E-state index in [1.807, 2.05) is 22.9 Å². The van der Waals surface area contributed by atoms with Crippen LogP contribution in [0, 0.1) is 0 Å². The van der Waals surface area contributed by atoms with Gasteiger partial charge in [-0.2, -0.15) is 5.10 Å². The fourth-order valence-corrected chi connectivity index (χ4v) is 2.85. The third-order valence-electron chi connectivity index (χ3n) is 4.13. The first-order valence-electron chi connectivity index (χ1n) is 7.98. The fraction of sp³-hybridized carbons (Fsp3) is 0.529. The van der Waals surface area contributed by atoms with Crippen molar-refractivity contribution < 1.29 is 9.84 Å². The van der Waals surface area contributed by atoms with Crippen LogP contribution >= 0.6 is 0 Å². The number of ether oxygens (including phenoxy) is 1. The topological polar surface area (TPSA) is 60.2 Å². The third kappa shape index (κ3) is 3.54. The van der Waals surface area contributed by atoms with Crippen LogP contribution in [-0.2, 0) is 17.7 Å². The van der Waals surface area contributed by atoms with Gasteiger partial charge >= 0.3 is 0 Å². The smallest absolute Gasteiger partial charge is 0.155 e. The number of benzene rings is 1. The van der Waals surface area contributed by atoms with Crippen molar-refractivity contribution in [3.05, 3.63) is 47.5 Å². The van der Waals surface area contributed by atoms with Crippen molar-refractivity contribution >= 4 is 0 Å². The van der Waals surface area contributed by atoms with Crippen LogP contribution in [0.5, 0.6) is 0 Å². The molecule has 1 aromatic carbocycles. The van der Waals surface area contributed by atoms with E-state index >= 15 is 0 Å². The van der Waals surface area contributed by atoms with E-state index in [-0.39, 0.29) is 0 Å². The zero-order valence-electron chi connectivity index (χ0n) is 13.0. The summed E-state index contributed by atoms with van der Waals surface area (Å²) >= 11 is 0. The number of aromatic nitrogens is 3. The van der Waals surface area contributed by atoms with Crippen LogP contribution in [0.4, 0.5) is 0 Å². The lowest BCUT2D eigenvalue weighted by Crippen LogP contribution is -2.15. The number of aliphatic hydroxyl groups excluding tert-OH is 1.